The van der Waals surface area contributed by atoms with Crippen LogP contribution in [0.5, 0.6) is 17.2 Å². The van der Waals surface area contributed by atoms with Gasteiger partial charge >= 0.3 is 6.03 Å². The molecule has 2 aliphatic heterocycles. The van der Waals surface area contributed by atoms with Gasteiger partial charge in [0.1, 0.15) is 23.4 Å². The molecule has 2 aromatic rings. The first kappa shape index (κ1) is 24.7. The van der Waals surface area contributed by atoms with E-state index in [4.69, 9.17) is 14.2 Å². The average Bonchev–Trinajstić information content (AvgIpc) is 2.90. The Morgan fingerprint density at radius 3 is 2.54 bits per heavy atom. The average molecular weight is 482 g/mol. The number of rotatable bonds is 6. The number of piperidine rings is 1. The van der Waals surface area contributed by atoms with Crippen LogP contribution in [0, 0.1) is 12.8 Å². The molecule has 1 unspecified atom stereocenters. The van der Waals surface area contributed by atoms with E-state index in [2.05, 4.69) is 12.2 Å². The summed E-state index contributed by atoms with van der Waals surface area (Å²) >= 11 is 0. The largest absolute Gasteiger partial charge is 0.497 e. The summed E-state index contributed by atoms with van der Waals surface area (Å²) < 4.78 is 16.8. The van der Waals surface area contributed by atoms with Gasteiger partial charge < -0.3 is 24.4 Å². The molecule has 4 rings (SSSR count). The molecule has 0 spiro atoms. The summed E-state index contributed by atoms with van der Waals surface area (Å²) in [5, 5.41) is 3.03. The molecular weight excluding hydrogens is 446 g/mol. The summed E-state index contributed by atoms with van der Waals surface area (Å²) in [6, 6.07) is 11.5. The van der Waals surface area contributed by atoms with Crippen LogP contribution in [0.4, 0.5) is 10.5 Å². The molecular formula is C27H35N3O5. The quantitative estimate of drug-likeness (QED) is 0.671. The van der Waals surface area contributed by atoms with Crippen LogP contribution in [-0.4, -0.2) is 56.8 Å². The van der Waals surface area contributed by atoms with E-state index in [0.29, 0.717) is 50.5 Å². The van der Waals surface area contributed by atoms with Crippen LogP contribution in [-0.2, 0) is 11.3 Å². The van der Waals surface area contributed by atoms with Crippen molar-refractivity contribution in [2.75, 3.05) is 38.8 Å². The van der Waals surface area contributed by atoms with Crippen LogP contribution in [0.25, 0.3) is 0 Å². The fourth-order valence-corrected chi connectivity index (χ4v) is 4.70. The molecule has 2 aromatic carbocycles. The predicted molar refractivity (Wildman–Crippen MR) is 134 cm³/mol. The van der Waals surface area contributed by atoms with E-state index in [0.717, 1.165) is 29.0 Å². The van der Waals surface area contributed by atoms with Crippen LogP contribution in [0.3, 0.4) is 0 Å². The summed E-state index contributed by atoms with van der Waals surface area (Å²) in [6.07, 6.45) is 2.08. The molecule has 0 bridgehead atoms. The molecule has 2 aliphatic rings. The topological polar surface area (TPSA) is 80.3 Å². The third kappa shape index (κ3) is 5.47. The summed E-state index contributed by atoms with van der Waals surface area (Å²) in [5.41, 5.74) is 2.77. The number of carbonyl (C=O) groups is 2. The third-order valence-electron chi connectivity index (χ3n) is 6.85. The number of fused-ring (bicyclic) bond motifs is 1. The Labute approximate surface area is 207 Å². The minimum atomic E-state index is -0.127. The Bertz CT molecular complexity index is 1060. The molecule has 0 saturated carbocycles. The van der Waals surface area contributed by atoms with Crippen LogP contribution in [0.2, 0.25) is 0 Å². The van der Waals surface area contributed by atoms with E-state index >= 15 is 0 Å². The van der Waals surface area contributed by atoms with Gasteiger partial charge in [0.05, 0.1) is 26.5 Å². The molecule has 1 fully saturated rings. The van der Waals surface area contributed by atoms with Crippen molar-refractivity contribution in [2.24, 2.45) is 5.92 Å². The van der Waals surface area contributed by atoms with Crippen molar-refractivity contribution in [2.45, 2.75) is 45.8 Å². The third-order valence-corrected chi connectivity index (χ3v) is 6.85. The minimum absolute atomic E-state index is 0.000335. The second-order valence-electron chi connectivity index (χ2n) is 9.17. The fourth-order valence-electron chi connectivity index (χ4n) is 4.70. The van der Waals surface area contributed by atoms with E-state index in [9.17, 15) is 9.59 Å². The van der Waals surface area contributed by atoms with E-state index < -0.39 is 0 Å². The lowest BCUT2D eigenvalue weighted by Gasteiger charge is -2.39. The Morgan fingerprint density at radius 1 is 1.09 bits per heavy atom. The van der Waals surface area contributed by atoms with Gasteiger partial charge in [0.15, 0.2) is 0 Å². The van der Waals surface area contributed by atoms with Crippen molar-refractivity contribution in [3.05, 3.63) is 47.5 Å². The van der Waals surface area contributed by atoms with Gasteiger partial charge in [0.25, 0.3) is 0 Å². The Morgan fingerprint density at radius 2 is 1.86 bits per heavy atom. The highest BCUT2D eigenvalue weighted by molar-refractivity contribution is 5.94. The monoisotopic (exact) mass is 481 g/mol. The molecule has 8 heteroatoms. The number of nitrogens with zero attached hydrogens (tertiary/aromatic N) is 2. The summed E-state index contributed by atoms with van der Waals surface area (Å²) in [5.74, 6) is 2.05. The number of aryl methyl sites for hydroxylation is 1. The van der Waals surface area contributed by atoms with E-state index in [1.165, 1.54) is 0 Å². The lowest BCUT2D eigenvalue weighted by molar-refractivity contribution is -0.126. The maximum absolute atomic E-state index is 13.5. The smallest absolute Gasteiger partial charge is 0.324 e. The first-order chi connectivity index (χ1) is 16.9. The molecule has 35 heavy (non-hydrogen) atoms. The zero-order chi connectivity index (χ0) is 24.9. The van der Waals surface area contributed by atoms with Gasteiger partial charge in [-0.05, 0) is 62.1 Å². The summed E-state index contributed by atoms with van der Waals surface area (Å²) in [4.78, 5) is 30.1. The number of carbonyl (C=O) groups excluding carboxylic acids is 2. The lowest BCUT2D eigenvalue weighted by atomic mass is 9.96. The predicted octanol–water partition coefficient (Wildman–Crippen LogP) is 4.14. The molecule has 0 aromatic heterocycles. The maximum Gasteiger partial charge on any atom is 0.324 e. The van der Waals surface area contributed by atoms with Gasteiger partial charge in [-0.1, -0.05) is 13.0 Å². The summed E-state index contributed by atoms with van der Waals surface area (Å²) in [7, 11) is 3.22. The highest BCUT2D eigenvalue weighted by atomic mass is 16.5. The fraction of sp³-hybridized carbons (Fsp3) is 0.481. The van der Waals surface area contributed by atoms with Gasteiger partial charge in [-0.15, -0.1) is 0 Å². The van der Waals surface area contributed by atoms with E-state index in [-0.39, 0.29) is 24.0 Å². The molecule has 188 valence electrons. The minimum Gasteiger partial charge on any atom is -0.497 e. The SMILES string of the molecule is CCC1CN(C(=O)N2CCC(C(=O)NCc3cc(OC)ccc3OC)CC2)c2cc(C)ccc2O1. The molecule has 2 heterocycles. The number of urea groups is 1. The molecule has 3 amide bonds. The highest BCUT2D eigenvalue weighted by Gasteiger charge is 2.34. The number of amides is 3. The van der Waals surface area contributed by atoms with E-state index in [1.54, 1.807) is 14.2 Å². The number of hydrogen-bond acceptors (Lipinski definition) is 5. The van der Waals surface area contributed by atoms with Gasteiger partial charge in [-0.3, -0.25) is 9.69 Å². The Hall–Kier alpha value is -3.42. The highest BCUT2D eigenvalue weighted by Crippen LogP contribution is 2.36. The summed E-state index contributed by atoms with van der Waals surface area (Å²) in [6.45, 7) is 6.08. The standard InChI is InChI=1S/C27H35N3O5/c1-5-21-17-30(23-14-18(2)6-8-25(23)35-21)27(32)29-12-10-19(11-13-29)26(31)28-16-20-15-22(33-3)7-9-24(20)34-4/h6-9,14-15,19,21H,5,10-13,16-17H2,1-4H3,(H,28,31). The molecule has 1 saturated heterocycles. The van der Waals surface area contributed by atoms with Gasteiger partial charge in [-0.2, -0.15) is 0 Å². The number of likely N-dealkylation sites (tertiary alicyclic amines) is 1. The van der Waals surface area contributed by atoms with Gasteiger partial charge in [0.2, 0.25) is 5.91 Å². The van der Waals surface area contributed by atoms with Gasteiger partial charge in [-0.25, -0.2) is 4.79 Å². The Kier molecular flexibility index (Phi) is 7.68. The molecule has 0 radical (unpaired) electrons. The van der Waals surface area contributed by atoms with Crippen molar-refractivity contribution >= 4 is 17.6 Å². The zero-order valence-electron chi connectivity index (χ0n) is 21.0. The number of nitrogens with one attached hydrogen (secondary N) is 1. The zero-order valence-corrected chi connectivity index (χ0v) is 21.0. The van der Waals surface area contributed by atoms with Crippen molar-refractivity contribution in [1.82, 2.24) is 10.2 Å². The van der Waals surface area contributed by atoms with Crippen LogP contribution >= 0.6 is 0 Å². The number of benzene rings is 2. The Balaban J connectivity index is 1.35. The van der Waals surface area contributed by atoms with Crippen molar-refractivity contribution < 1.29 is 23.8 Å². The van der Waals surface area contributed by atoms with Crippen LogP contribution in [0.1, 0.15) is 37.3 Å². The normalized spacial score (nSPS) is 17.9. The maximum atomic E-state index is 13.5. The molecule has 0 aliphatic carbocycles. The molecule has 8 nitrogen and oxygen atoms in total. The first-order valence-electron chi connectivity index (χ1n) is 12.3. The second kappa shape index (κ2) is 10.9. The second-order valence-corrected chi connectivity index (χ2v) is 9.17. The van der Waals surface area contributed by atoms with Crippen molar-refractivity contribution in [3.63, 3.8) is 0 Å². The van der Waals surface area contributed by atoms with Crippen molar-refractivity contribution in [1.29, 1.82) is 0 Å². The lowest BCUT2D eigenvalue weighted by Crippen LogP contribution is -2.52. The number of anilines is 1. The van der Waals surface area contributed by atoms with Crippen LogP contribution in [0.15, 0.2) is 36.4 Å². The van der Waals surface area contributed by atoms with Gasteiger partial charge in [0, 0.05) is 31.1 Å². The van der Waals surface area contributed by atoms with Crippen LogP contribution < -0.4 is 24.4 Å². The van der Waals surface area contributed by atoms with Crippen molar-refractivity contribution in [3.8, 4) is 17.2 Å². The number of ether oxygens (including phenoxy) is 3. The first-order valence-corrected chi connectivity index (χ1v) is 12.3. The number of hydrogen-bond donors (Lipinski definition) is 1. The van der Waals surface area contributed by atoms with E-state index in [1.807, 2.05) is 53.1 Å². The molecule has 1 atom stereocenters. The number of methoxy groups -OCH3 is 2. The molecule has 1 N–H and O–H groups in total.